The normalized spacial score (nSPS) is 13.8. The van der Waals surface area contributed by atoms with Crippen LogP contribution in [0.25, 0.3) is 0 Å². The first-order valence-corrected chi connectivity index (χ1v) is 7.28. The summed E-state index contributed by atoms with van der Waals surface area (Å²) in [5.41, 5.74) is 0. The molecule has 1 unspecified atom stereocenters. The molecule has 0 saturated carbocycles. The Morgan fingerprint density at radius 1 is 1.53 bits per heavy atom. The van der Waals surface area contributed by atoms with Crippen LogP contribution in [-0.4, -0.2) is 27.8 Å². The molecule has 5 nitrogen and oxygen atoms in total. The molecule has 0 amide bonds. The van der Waals surface area contributed by atoms with Gasteiger partial charge in [0, 0.05) is 13.7 Å². The lowest BCUT2D eigenvalue weighted by Crippen LogP contribution is -2.31. The van der Waals surface area contributed by atoms with E-state index in [4.69, 9.17) is 9.15 Å². The second-order valence-electron chi connectivity index (χ2n) is 3.76. The summed E-state index contributed by atoms with van der Waals surface area (Å²) < 4.78 is 36.0. The second-order valence-corrected chi connectivity index (χ2v) is 5.69. The van der Waals surface area contributed by atoms with E-state index in [0.717, 1.165) is 6.42 Å². The fourth-order valence-corrected chi connectivity index (χ4v) is 2.60. The van der Waals surface area contributed by atoms with Crippen LogP contribution in [-0.2, 0) is 14.8 Å². The Hall–Kier alpha value is -0.850. The van der Waals surface area contributed by atoms with Crippen molar-refractivity contribution in [1.82, 2.24) is 4.72 Å². The minimum atomic E-state index is -3.21. The summed E-state index contributed by atoms with van der Waals surface area (Å²) in [6, 6.07) is 3.50. The maximum atomic E-state index is 11.6. The first kappa shape index (κ1) is 14.2. The minimum absolute atomic E-state index is 0.151. The van der Waals surface area contributed by atoms with Crippen LogP contribution in [0.1, 0.15) is 31.6 Å². The van der Waals surface area contributed by atoms with Crippen LogP contribution >= 0.6 is 0 Å². The van der Waals surface area contributed by atoms with Gasteiger partial charge in [-0.05, 0) is 18.6 Å². The number of furan rings is 1. The van der Waals surface area contributed by atoms with Crippen molar-refractivity contribution in [2.75, 3.05) is 19.4 Å². The molecule has 0 saturated heterocycles. The van der Waals surface area contributed by atoms with Crippen molar-refractivity contribution in [3.05, 3.63) is 24.2 Å². The van der Waals surface area contributed by atoms with Gasteiger partial charge in [0.1, 0.15) is 11.9 Å². The fourth-order valence-electron chi connectivity index (χ4n) is 1.38. The molecule has 17 heavy (non-hydrogen) atoms. The van der Waals surface area contributed by atoms with Crippen molar-refractivity contribution in [3.63, 3.8) is 0 Å². The van der Waals surface area contributed by atoms with Crippen LogP contribution in [0.4, 0.5) is 0 Å². The molecule has 1 rings (SSSR count). The van der Waals surface area contributed by atoms with Crippen molar-refractivity contribution in [2.24, 2.45) is 0 Å². The zero-order valence-corrected chi connectivity index (χ0v) is 11.0. The van der Waals surface area contributed by atoms with Crippen molar-refractivity contribution >= 4 is 10.0 Å². The van der Waals surface area contributed by atoms with Gasteiger partial charge in [0.25, 0.3) is 0 Å². The predicted octanol–water partition coefficient (Wildman–Crippen LogP) is 1.69. The van der Waals surface area contributed by atoms with E-state index in [0.29, 0.717) is 12.2 Å². The first-order valence-electron chi connectivity index (χ1n) is 5.62. The summed E-state index contributed by atoms with van der Waals surface area (Å²) in [4.78, 5) is 0. The van der Waals surface area contributed by atoms with E-state index in [-0.39, 0.29) is 18.4 Å². The van der Waals surface area contributed by atoms with Gasteiger partial charge in [-0.2, -0.15) is 0 Å². The molecule has 0 aliphatic rings. The Kier molecular flexibility index (Phi) is 5.67. The van der Waals surface area contributed by atoms with Gasteiger partial charge in [0.05, 0.1) is 12.0 Å². The van der Waals surface area contributed by atoms with E-state index in [1.54, 1.807) is 12.1 Å². The number of rotatable bonds is 8. The Morgan fingerprint density at radius 2 is 2.29 bits per heavy atom. The van der Waals surface area contributed by atoms with Gasteiger partial charge in [-0.1, -0.05) is 13.3 Å². The third kappa shape index (κ3) is 4.89. The predicted molar refractivity (Wildman–Crippen MR) is 65.2 cm³/mol. The van der Waals surface area contributed by atoms with E-state index in [1.165, 1.54) is 13.4 Å². The van der Waals surface area contributed by atoms with Crippen molar-refractivity contribution in [1.29, 1.82) is 0 Å². The van der Waals surface area contributed by atoms with E-state index in [1.807, 2.05) is 6.92 Å². The van der Waals surface area contributed by atoms with E-state index in [9.17, 15) is 8.42 Å². The zero-order valence-electron chi connectivity index (χ0n) is 10.2. The summed E-state index contributed by atoms with van der Waals surface area (Å²) >= 11 is 0. The Bertz CT molecular complexity index is 399. The molecule has 0 bridgehead atoms. The van der Waals surface area contributed by atoms with Crippen molar-refractivity contribution < 1.29 is 17.6 Å². The highest BCUT2D eigenvalue weighted by Gasteiger charge is 2.17. The standard InChI is InChI=1S/C11H19NO4S/c1-3-4-8-17(13,14)12-9-11(15-2)10-6-5-7-16-10/h5-7,11-12H,3-4,8-9H2,1-2H3. The summed E-state index contributed by atoms with van der Waals surface area (Å²) in [6.45, 7) is 2.15. The monoisotopic (exact) mass is 261 g/mol. The lowest BCUT2D eigenvalue weighted by atomic mass is 10.3. The molecule has 1 heterocycles. The lowest BCUT2D eigenvalue weighted by molar-refractivity contribution is 0.0878. The average Bonchev–Trinajstić information content (AvgIpc) is 2.81. The molecule has 0 aromatic carbocycles. The highest BCUT2D eigenvalue weighted by molar-refractivity contribution is 7.89. The molecular weight excluding hydrogens is 242 g/mol. The third-order valence-electron chi connectivity index (χ3n) is 2.40. The summed E-state index contributed by atoms with van der Waals surface area (Å²) in [7, 11) is -1.69. The fraction of sp³-hybridized carbons (Fsp3) is 0.636. The zero-order chi connectivity index (χ0) is 12.7. The quantitative estimate of drug-likeness (QED) is 0.773. The molecule has 98 valence electrons. The van der Waals surface area contributed by atoms with E-state index < -0.39 is 10.0 Å². The van der Waals surface area contributed by atoms with Gasteiger partial charge in [-0.3, -0.25) is 0 Å². The summed E-state index contributed by atoms with van der Waals surface area (Å²) in [6.07, 6.45) is 2.66. The number of ether oxygens (including phenoxy) is 1. The molecule has 0 fully saturated rings. The van der Waals surface area contributed by atoms with Crippen LogP contribution in [0.3, 0.4) is 0 Å². The van der Waals surface area contributed by atoms with Gasteiger partial charge in [-0.25, -0.2) is 13.1 Å². The maximum Gasteiger partial charge on any atom is 0.211 e. The second kappa shape index (κ2) is 6.78. The maximum absolute atomic E-state index is 11.6. The van der Waals surface area contributed by atoms with E-state index >= 15 is 0 Å². The van der Waals surface area contributed by atoms with Crippen molar-refractivity contribution in [3.8, 4) is 0 Å². The molecule has 1 atom stereocenters. The largest absolute Gasteiger partial charge is 0.467 e. The molecule has 0 spiro atoms. The number of hydrogen-bond donors (Lipinski definition) is 1. The molecule has 0 aliphatic heterocycles. The Labute approximate surface area is 102 Å². The highest BCUT2D eigenvalue weighted by atomic mass is 32.2. The lowest BCUT2D eigenvalue weighted by Gasteiger charge is -2.13. The van der Waals surface area contributed by atoms with Crippen LogP contribution < -0.4 is 4.72 Å². The molecule has 1 N–H and O–H groups in total. The minimum Gasteiger partial charge on any atom is -0.467 e. The number of nitrogens with one attached hydrogen (secondary N) is 1. The van der Waals surface area contributed by atoms with Gasteiger partial charge in [0.2, 0.25) is 10.0 Å². The van der Waals surface area contributed by atoms with E-state index in [2.05, 4.69) is 4.72 Å². The molecule has 0 radical (unpaired) electrons. The average molecular weight is 261 g/mol. The molecule has 1 aromatic rings. The van der Waals surface area contributed by atoms with Gasteiger partial charge in [0.15, 0.2) is 0 Å². The number of methoxy groups -OCH3 is 1. The third-order valence-corrected chi connectivity index (χ3v) is 3.83. The van der Waals surface area contributed by atoms with Crippen molar-refractivity contribution in [2.45, 2.75) is 25.9 Å². The number of hydrogen-bond acceptors (Lipinski definition) is 4. The Morgan fingerprint density at radius 3 is 2.82 bits per heavy atom. The van der Waals surface area contributed by atoms with Gasteiger partial charge in [-0.15, -0.1) is 0 Å². The van der Waals surface area contributed by atoms with Crippen LogP contribution in [0.5, 0.6) is 0 Å². The molecule has 6 heteroatoms. The summed E-state index contributed by atoms with van der Waals surface area (Å²) in [5, 5.41) is 0. The number of sulfonamides is 1. The molecule has 0 aliphatic carbocycles. The first-order chi connectivity index (χ1) is 8.09. The molecule has 1 aromatic heterocycles. The van der Waals surface area contributed by atoms with Crippen LogP contribution in [0.2, 0.25) is 0 Å². The smallest absolute Gasteiger partial charge is 0.211 e. The van der Waals surface area contributed by atoms with Crippen LogP contribution in [0, 0.1) is 0 Å². The van der Waals surface area contributed by atoms with Crippen LogP contribution in [0.15, 0.2) is 22.8 Å². The molecular formula is C11H19NO4S. The van der Waals surface area contributed by atoms with Gasteiger partial charge < -0.3 is 9.15 Å². The topological polar surface area (TPSA) is 68.5 Å². The number of unbranched alkanes of at least 4 members (excludes halogenated alkanes) is 1. The Balaban J connectivity index is 2.48. The SMILES string of the molecule is CCCCS(=O)(=O)NCC(OC)c1ccco1. The highest BCUT2D eigenvalue weighted by Crippen LogP contribution is 2.16. The summed E-state index contributed by atoms with van der Waals surface area (Å²) in [5.74, 6) is 0.767. The van der Waals surface area contributed by atoms with Gasteiger partial charge >= 0.3 is 0 Å².